The summed E-state index contributed by atoms with van der Waals surface area (Å²) in [6.07, 6.45) is 5.40. The zero-order chi connectivity index (χ0) is 20.4. The van der Waals surface area contributed by atoms with E-state index in [1.165, 1.54) is 17.4 Å². The Morgan fingerprint density at radius 3 is 2.76 bits per heavy atom. The van der Waals surface area contributed by atoms with Gasteiger partial charge in [0.05, 0.1) is 23.0 Å². The van der Waals surface area contributed by atoms with Crippen molar-refractivity contribution in [3.8, 4) is 11.5 Å². The van der Waals surface area contributed by atoms with Crippen LogP contribution >= 0.6 is 0 Å². The maximum Gasteiger partial charge on any atom is 0.314 e. The van der Waals surface area contributed by atoms with Crippen LogP contribution in [0, 0.1) is 0 Å². The first-order valence-electron chi connectivity index (χ1n) is 8.87. The number of halogens is 2. The van der Waals surface area contributed by atoms with E-state index in [0.717, 1.165) is 18.4 Å². The van der Waals surface area contributed by atoms with Crippen LogP contribution < -0.4 is 0 Å². The lowest BCUT2D eigenvalue weighted by atomic mass is 10.1. The molecule has 3 heterocycles. The summed E-state index contributed by atoms with van der Waals surface area (Å²) in [5, 5.41) is 12.2. The molecule has 3 aromatic rings. The molecule has 0 radical (unpaired) electrons. The largest absolute Gasteiger partial charge is 0.415 e. The number of hydrazone groups is 1. The molecule has 3 aromatic heterocycles. The van der Waals surface area contributed by atoms with Crippen LogP contribution in [-0.2, 0) is 0 Å². The minimum Gasteiger partial charge on any atom is -0.415 e. The molecule has 0 bridgehead atoms. The Morgan fingerprint density at radius 1 is 1.28 bits per heavy atom. The fourth-order valence-corrected chi connectivity index (χ4v) is 2.75. The zero-order valence-electron chi connectivity index (χ0n) is 15.4. The Morgan fingerprint density at radius 2 is 2.10 bits per heavy atom. The van der Waals surface area contributed by atoms with E-state index in [-0.39, 0.29) is 11.8 Å². The second-order valence-electron chi connectivity index (χ2n) is 6.53. The Bertz CT molecular complexity index is 1050. The highest BCUT2D eigenvalue weighted by atomic mass is 19.3. The third kappa shape index (κ3) is 4.15. The smallest absolute Gasteiger partial charge is 0.314 e. The molecule has 1 saturated carbocycles. The predicted molar refractivity (Wildman–Crippen MR) is 98.4 cm³/mol. The van der Waals surface area contributed by atoms with Crippen molar-refractivity contribution in [1.82, 2.24) is 25.2 Å². The lowest BCUT2D eigenvalue weighted by Crippen LogP contribution is -2.23. The van der Waals surface area contributed by atoms with Gasteiger partial charge in [-0.1, -0.05) is 0 Å². The van der Waals surface area contributed by atoms with Crippen molar-refractivity contribution >= 4 is 12.1 Å². The van der Waals surface area contributed by atoms with Gasteiger partial charge in [-0.25, -0.2) is 5.01 Å². The second kappa shape index (κ2) is 7.82. The molecule has 8 nitrogen and oxygen atoms in total. The summed E-state index contributed by atoms with van der Waals surface area (Å²) in [7, 11) is 1.56. The molecule has 0 unspecified atom stereocenters. The molecule has 0 saturated heterocycles. The van der Waals surface area contributed by atoms with Gasteiger partial charge in [0, 0.05) is 25.6 Å². The van der Waals surface area contributed by atoms with Crippen molar-refractivity contribution in [2.45, 2.75) is 25.2 Å². The van der Waals surface area contributed by atoms with Gasteiger partial charge in [0.2, 0.25) is 5.89 Å². The molecular weight excluding hydrogens is 382 g/mol. The van der Waals surface area contributed by atoms with Crippen LogP contribution in [0.15, 0.2) is 46.3 Å². The van der Waals surface area contributed by atoms with E-state index in [2.05, 4.69) is 25.3 Å². The molecular formula is C19H16F2N6O2. The second-order valence-corrected chi connectivity index (χ2v) is 6.53. The fraction of sp³-hybridized carbons (Fsp3) is 0.263. The standard InChI is InChI=1S/C19H16F2N6O2/c1-27(19(28)15-10-22-7-6-14(15)11-2-3-11)24-9-13-5-4-12(8-23-13)17-25-26-18(29-17)16(20)21/h4-11,16H,2-3H2,1H3/b24-9+. The number of hydrogen-bond acceptors (Lipinski definition) is 7. The molecule has 0 aliphatic heterocycles. The number of nitrogens with zero attached hydrogens (tertiary/aromatic N) is 6. The molecule has 0 aromatic carbocycles. The summed E-state index contributed by atoms with van der Waals surface area (Å²) in [5.41, 5.74) is 2.41. The van der Waals surface area contributed by atoms with E-state index in [4.69, 9.17) is 4.42 Å². The molecule has 29 heavy (non-hydrogen) atoms. The average Bonchev–Trinajstić information content (AvgIpc) is 3.47. The van der Waals surface area contributed by atoms with Crippen molar-refractivity contribution in [3.05, 3.63) is 59.5 Å². The van der Waals surface area contributed by atoms with Crippen LogP contribution in [0.5, 0.6) is 0 Å². The maximum atomic E-state index is 12.7. The molecule has 1 fully saturated rings. The molecule has 0 atom stereocenters. The number of hydrogen-bond donors (Lipinski definition) is 0. The Hall–Kier alpha value is -3.56. The first-order chi connectivity index (χ1) is 14.0. The minimum atomic E-state index is -2.83. The van der Waals surface area contributed by atoms with E-state index in [9.17, 15) is 13.6 Å². The molecule has 0 spiro atoms. The molecule has 1 amide bonds. The van der Waals surface area contributed by atoms with Gasteiger partial charge in [-0.05, 0) is 42.5 Å². The lowest BCUT2D eigenvalue weighted by Gasteiger charge is -2.13. The highest BCUT2D eigenvalue weighted by Crippen LogP contribution is 2.41. The van der Waals surface area contributed by atoms with Crippen molar-refractivity contribution in [2.75, 3.05) is 7.05 Å². The summed E-state index contributed by atoms with van der Waals surface area (Å²) in [5.74, 6) is -0.628. The van der Waals surface area contributed by atoms with Gasteiger partial charge in [-0.15, -0.1) is 10.2 Å². The molecule has 10 heteroatoms. The van der Waals surface area contributed by atoms with Gasteiger partial charge in [-0.3, -0.25) is 14.8 Å². The minimum absolute atomic E-state index is 0.0484. The third-order valence-corrected chi connectivity index (χ3v) is 4.42. The Balaban J connectivity index is 1.45. The summed E-state index contributed by atoms with van der Waals surface area (Å²) in [6, 6.07) is 5.06. The summed E-state index contributed by atoms with van der Waals surface area (Å²) in [4.78, 5) is 20.9. The van der Waals surface area contributed by atoms with Crippen LogP contribution in [0.1, 0.15) is 52.7 Å². The summed E-state index contributed by atoms with van der Waals surface area (Å²) >= 11 is 0. The van der Waals surface area contributed by atoms with Crippen LogP contribution in [-0.4, -0.2) is 44.3 Å². The number of rotatable bonds is 6. The van der Waals surface area contributed by atoms with Crippen LogP contribution in [0.3, 0.4) is 0 Å². The van der Waals surface area contributed by atoms with Gasteiger partial charge in [0.1, 0.15) is 0 Å². The van der Waals surface area contributed by atoms with E-state index < -0.39 is 12.3 Å². The summed E-state index contributed by atoms with van der Waals surface area (Å²) in [6.45, 7) is 0. The average molecular weight is 398 g/mol. The number of aromatic nitrogens is 4. The number of carbonyl (C=O) groups is 1. The first kappa shape index (κ1) is 18.8. The van der Waals surface area contributed by atoms with Gasteiger partial charge in [-0.2, -0.15) is 13.9 Å². The van der Waals surface area contributed by atoms with E-state index >= 15 is 0 Å². The highest BCUT2D eigenvalue weighted by molar-refractivity contribution is 5.96. The van der Waals surface area contributed by atoms with E-state index in [1.54, 1.807) is 31.6 Å². The highest BCUT2D eigenvalue weighted by Gasteiger charge is 2.29. The number of amides is 1. The Labute approximate surface area is 164 Å². The molecule has 148 valence electrons. The molecule has 1 aliphatic carbocycles. The molecule has 4 rings (SSSR count). The number of carbonyl (C=O) groups excluding carboxylic acids is 1. The van der Waals surface area contributed by atoms with Gasteiger partial charge < -0.3 is 4.42 Å². The van der Waals surface area contributed by atoms with Crippen LogP contribution in [0.2, 0.25) is 0 Å². The third-order valence-electron chi connectivity index (χ3n) is 4.42. The Kier molecular flexibility index (Phi) is 5.07. The van der Waals surface area contributed by atoms with E-state index in [0.29, 0.717) is 22.7 Å². The predicted octanol–water partition coefficient (Wildman–Crippen LogP) is 3.45. The maximum absolute atomic E-state index is 12.7. The van der Waals surface area contributed by atoms with Crippen molar-refractivity contribution < 1.29 is 18.0 Å². The van der Waals surface area contributed by atoms with Crippen molar-refractivity contribution in [3.63, 3.8) is 0 Å². The fourth-order valence-electron chi connectivity index (χ4n) is 2.75. The number of pyridine rings is 2. The lowest BCUT2D eigenvalue weighted by molar-refractivity contribution is 0.0798. The normalized spacial score (nSPS) is 13.9. The molecule has 1 aliphatic rings. The zero-order valence-corrected chi connectivity index (χ0v) is 15.4. The SMILES string of the molecule is CN(/N=C/c1ccc(-c2nnc(C(F)F)o2)cn1)C(=O)c1cnccc1C1CC1. The first-order valence-corrected chi connectivity index (χ1v) is 8.87. The monoisotopic (exact) mass is 398 g/mol. The van der Waals surface area contributed by atoms with Crippen LogP contribution in [0.25, 0.3) is 11.5 Å². The quantitative estimate of drug-likeness (QED) is 0.466. The number of alkyl halides is 2. The van der Waals surface area contributed by atoms with Gasteiger partial charge >= 0.3 is 6.43 Å². The van der Waals surface area contributed by atoms with Gasteiger partial charge in [0.25, 0.3) is 11.8 Å². The van der Waals surface area contributed by atoms with Gasteiger partial charge in [0.15, 0.2) is 0 Å². The van der Waals surface area contributed by atoms with Crippen molar-refractivity contribution in [1.29, 1.82) is 0 Å². The topological polar surface area (TPSA) is 97.4 Å². The van der Waals surface area contributed by atoms with Crippen LogP contribution in [0.4, 0.5) is 8.78 Å². The summed E-state index contributed by atoms with van der Waals surface area (Å²) < 4.78 is 29.9. The van der Waals surface area contributed by atoms with E-state index in [1.807, 2.05) is 6.07 Å². The van der Waals surface area contributed by atoms with Crippen molar-refractivity contribution in [2.24, 2.45) is 5.10 Å². The molecule has 0 N–H and O–H groups in total.